The fraction of sp³-hybridized carbons (Fsp3) is 0.500. The van der Waals surface area contributed by atoms with Crippen LogP contribution in [0.5, 0.6) is 0 Å². The number of carbonyl (C=O) groups is 1. The van der Waals surface area contributed by atoms with Crippen molar-refractivity contribution in [1.29, 1.82) is 0 Å². The van der Waals surface area contributed by atoms with Crippen LogP contribution < -0.4 is 5.32 Å². The van der Waals surface area contributed by atoms with Crippen LogP contribution in [0.25, 0.3) is 0 Å². The first-order chi connectivity index (χ1) is 8.65. The third kappa shape index (κ3) is 4.02. The molecule has 1 saturated carbocycles. The van der Waals surface area contributed by atoms with E-state index >= 15 is 0 Å². The van der Waals surface area contributed by atoms with E-state index in [1.54, 1.807) is 11.8 Å². The Morgan fingerprint density at radius 2 is 2.17 bits per heavy atom. The van der Waals surface area contributed by atoms with Crippen molar-refractivity contribution in [3.63, 3.8) is 0 Å². The summed E-state index contributed by atoms with van der Waals surface area (Å²) in [6, 6.07) is 5.90. The van der Waals surface area contributed by atoms with Gasteiger partial charge in [-0.3, -0.25) is 4.79 Å². The summed E-state index contributed by atoms with van der Waals surface area (Å²) in [6.07, 6.45) is 5.19. The zero-order valence-corrected chi connectivity index (χ0v) is 12.9. The summed E-state index contributed by atoms with van der Waals surface area (Å²) in [5, 5.41) is 3.64. The van der Waals surface area contributed by atoms with E-state index < -0.39 is 0 Å². The Labute approximate surface area is 121 Å². The van der Waals surface area contributed by atoms with Crippen molar-refractivity contribution in [1.82, 2.24) is 0 Å². The van der Waals surface area contributed by atoms with Gasteiger partial charge < -0.3 is 5.32 Å². The molecule has 2 nitrogen and oxygen atoms in total. The SMILES string of the molecule is Cc1ccc(NC(=O)CSC2CCCC2)cc1Br. The summed E-state index contributed by atoms with van der Waals surface area (Å²) in [6.45, 7) is 2.03. The number of thioether (sulfide) groups is 1. The van der Waals surface area contributed by atoms with E-state index in [2.05, 4.69) is 21.2 Å². The first-order valence-electron chi connectivity index (χ1n) is 6.33. The molecule has 0 bridgehead atoms. The van der Waals surface area contributed by atoms with Gasteiger partial charge in [-0.2, -0.15) is 0 Å². The quantitative estimate of drug-likeness (QED) is 0.889. The van der Waals surface area contributed by atoms with Gasteiger partial charge >= 0.3 is 0 Å². The first kappa shape index (κ1) is 13.9. The van der Waals surface area contributed by atoms with Gasteiger partial charge in [0.1, 0.15) is 0 Å². The largest absolute Gasteiger partial charge is 0.325 e. The van der Waals surface area contributed by atoms with Crippen LogP contribution in [0.2, 0.25) is 0 Å². The van der Waals surface area contributed by atoms with Crippen LogP contribution in [0.1, 0.15) is 31.2 Å². The molecule has 2 rings (SSSR count). The standard InChI is InChI=1S/C14H18BrNOS/c1-10-6-7-11(8-13(10)15)16-14(17)9-18-12-4-2-3-5-12/h6-8,12H,2-5,9H2,1H3,(H,16,17). The number of halogens is 1. The molecule has 0 radical (unpaired) electrons. The van der Waals surface area contributed by atoms with Crippen molar-refractivity contribution in [2.45, 2.75) is 37.9 Å². The van der Waals surface area contributed by atoms with E-state index in [4.69, 9.17) is 0 Å². The lowest BCUT2D eigenvalue weighted by Gasteiger charge is -2.09. The summed E-state index contributed by atoms with van der Waals surface area (Å²) in [5.74, 6) is 0.665. The smallest absolute Gasteiger partial charge is 0.234 e. The van der Waals surface area contributed by atoms with Gasteiger partial charge in [-0.15, -0.1) is 11.8 Å². The van der Waals surface area contributed by atoms with Gasteiger partial charge in [0.2, 0.25) is 5.91 Å². The highest BCUT2D eigenvalue weighted by Gasteiger charge is 2.16. The Hall–Kier alpha value is -0.480. The molecule has 1 fully saturated rings. The number of aryl methyl sites for hydroxylation is 1. The van der Waals surface area contributed by atoms with Crippen molar-refractivity contribution < 1.29 is 4.79 Å². The summed E-state index contributed by atoms with van der Waals surface area (Å²) < 4.78 is 1.03. The van der Waals surface area contributed by atoms with Crippen LogP contribution in [0.15, 0.2) is 22.7 Å². The predicted molar refractivity (Wildman–Crippen MR) is 82.2 cm³/mol. The zero-order valence-electron chi connectivity index (χ0n) is 10.5. The van der Waals surface area contributed by atoms with Crippen molar-refractivity contribution in [2.75, 3.05) is 11.1 Å². The summed E-state index contributed by atoms with van der Waals surface area (Å²) in [5.41, 5.74) is 2.04. The molecule has 0 unspecified atom stereocenters. The molecule has 1 aliphatic carbocycles. The number of hydrogen-bond donors (Lipinski definition) is 1. The number of nitrogens with one attached hydrogen (secondary N) is 1. The normalized spacial score (nSPS) is 15.9. The molecule has 1 aromatic rings. The van der Waals surface area contributed by atoms with E-state index in [-0.39, 0.29) is 5.91 Å². The van der Waals surface area contributed by atoms with E-state index in [0.717, 1.165) is 10.2 Å². The average Bonchev–Trinajstić information content (AvgIpc) is 2.84. The maximum atomic E-state index is 11.8. The van der Waals surface area contributed by atoms with Gasteiger partial charge in [0.05, 0.1) is 5.75 Å². The van der Waals surface area contributed by atoms with Crippen molar-refractivity contribution in [3.05, 3.63) is 28.2 Å². The molecule has 0 heterocycles. The topological polar surface area (TPSA) is 29.1 Å². The molecule has 0 spiro atoms. The Morgan fingerprint density at radius 3 is 2.83 bits per heavy atom. The van der Waals surface area contributed by atoms with Crippen LogP contribution in [0.4, 0.5) is 5.69 Å². The number of carbonyl (C=O) groups excluding carboxylic acids is 1. The average molecular weight is 328 g/mol. The van der Waals surface area contributed by atoms with Crippen molar-refractivity contribution >= 4 is 39.3 Å². The third-order valence-corrected chi connectivity index (χ3v) is 5.43. The summed E-state index contributed by atoms with van der Waals surface area (Å²) >= 11 is 5.27. The van der Waals surface area contributed by atoms with Gasteiger partial charge in [0.15, 0.2) is 0 Å². The maximum absolute atomic E-state index is 11.8. The zero-order chi connectivity index (χ0) is 13.0. The molecule has 4 heteroatoms. The Morgan fingerprint density at radius 1 is 1.44 bits per heavy atom. The minimum atomic E-state index is 0.0997. The van der Waals surface area contributed by atoms with E-state index in [9.17, 15) is 4.79 Å². The number of hydrogen-bond acceptors (Lipinski definition) is 2. The van der Waals surface area contributed by atoms with Crippen LogP contribution in [0.3, 0.4) is 0 Å². The van der Waals surface area contributed by atoms with Crippen LogP contribution in [0, 0.1) is 6.92 Å². The number of amides is 1. The van der Waals surface area contributed by atoms with E-state index in [1.165, 1.54) is 31.2 Å². The van der Waals surface area contributed by atoms with Gasteiger partial charge in [-0.05, 0) is 37.5 Å². The Kier molecular flexibility index (Phi) is 5.13. The van der Waals surface area contributed by atoms with Crippen molar-refractivity contribution in [2.24, 2.45) is 0 Å². The van der Waals surface area contributed by atoms with Crippen molar-refractivity contribution in [3.8, 4) is 0 Å². The monoisotopic (exact) mass is 327 g/mol. The van der Waals surface area contributed by atoms with Gasteiger partial charge in [0.25, 0.3) is 0 Å². The molecule has 1 aromatic carbocycles. The lowest BCUT2D eigenvalue weighted by atomic mass is 10.2. The highest BCUT2D eigenvalue weighted by Crippen LogP contribution is 2.29. The molecule has 0 atom stereocenters. The van der Waals surface area contributed by atoms with Gasteiger partial charge in [-0.1, -0.05) is 34.8 Å². The molecule has 98 valence electrons. The number of anilines is 1. The molecule has 1 N–H and O–H groups in total. The van der Waals surface area contributed by atoms with Crippen LogP contribution >= 0.6 is 27.7 Å². The second-order valence-electron chi connectivity index (χ2n) is 4.73. The van der Waals surface area contributed by atoms with Crippen LogP contribution in [-0.2, 0) is 4.79 Å². The van der Waals surface area contributed by atoms with E-state index in [1.807, 2.05) is 25.1 Å². The number of rotatable bonds is 4. The number of benzene rings is 1. The van der Waals surface area contributed by atoms with Gasteiger partial charge in [-0.25, -0.2) is 0 Å². The summed E-state index contributed by atoms with van der Waals surface area (Å²) in [4.78, 5) is 11.8. The molecular weight excluding hydrogens is 310 g/mol. The lowest BCUT2D eigenvalue weighted by Crippen LogP contribution is -2.15. The highest BCUT2D eigenvalue weighted by molar-refractivity contribution is 9.10. The molecule has 0 aliphatic heterocycles. The minimum absolute atomic E-state index is 0.0997. The second kappa shape index (κ2) is 6.62. The maximum Gasteiger partial charge on any atom is 0.234 e. The molecule has 1 aliphatic rings. The third-order valence-electron chi connectivity index (χ3n) is 3.21. The molecule has 0 saturated heterocycles. The first-order valence-corrected chi connectivity index (χ1v) is 8.17. The summed E-state index contributed by atoms with van der Waals surface area (Å²) in [7, 11) is 0. The van der Waals surface area contributed by atoms with E-state index in [0.29, 0.717) is 11.0 Å². The molecule has 0 aromatic heterocycles. The lowest BCUT2D eigenvalue weighted by molar-refractivity contribution is -0.113. The fourth-order valence-electron chi connectivity index (χ4n) is 2.12. The Balaban J connectivity index is 1.80. The molecular formula is C14H18BrNOS. The molecule has 18 heavy (non-hydrogen) atoms. The predicted octanol–water partition coefficient (Wildman–Crippen LogP) is 4.37. The Bertz CT molecular complexity index is 430. The minimum Gasteiger partial charge on any atom is -0.325 e. The fourth-order valence-corrected chi connectivity index (χ4v) is 3.62. The molecule has 1 amide bonds. The van der Waals surface area contributed by atoms with Crippen LogP contribution in [-0.4, -0.2) is 16.9 Å². The second-order valence-corrected chi connectivity index (χ2v) is 6.87. The highest BCUT2D eigenvalue weighted by atomic mass is 79.9. The van der Waals surface area contributed by atoms with Gasteiger partial charge in [0, 0.05) is 15.4 Å².